The maximum Gasteiger partial charge on any atom is 0.124 e. The van der Waals surface area contributed by atoms with Crippen molar-refractivity contribution in [1.82, 2.24) is 0 Å². The van der Waals surface area contributed by atoms with E-state index in [9.17, 15) is 0 Å². The molecule has 4 heteroatoms. The van der Waals surface area contributed by atoms with Crippen molar-refractivity contribution in [2.24, 2.45) is 0 Å². The van der Waals surface area contributed by atoms with Gasteiger partial charge in [0.2, 0.25) is 0 Å². The van der Waals surface area contributed by atoms with Gasteiger partial charge in [-0.15, -0.1) is 0 Å². The molecule has 0 heterocycles. The predicted molar refractivity (Wildman–Crippen MR) is 55.4 cm³/mol. The molecule has 1 rings (SSSR count). The molecule has 0 spiro atoms. The van der Waals surface area contributed by atoms with Crippen LogP contribution in [0.15, 0.2) is 12.1 Å². The summed E-state index contributed by atoms with van der Waals surface area (Å²) in [5.74, 6) is 0.679. The Bertz CT molecular complexity index is 359. The van der Waals surface area contributed by atoms with Crippen LogP contribution in [0, 0.1) is 11.3 Å². The Hall–Kier alpha value is -0.720. The standard InChI is InChI=1S/C9H7BrClNO/c1-13-9-3-7(5-12)8(11)2-6(9)4-10/h2-3H,4H2,1H3. The van der Waals surface area contributed by atoms with E-state index in [1.807, 2.05) is 6.07 Å². The van der Waals surface area contributed by atoms with Crippen LogP contribution in [0.1, 0.15) is 11.1 Å². The van der Waals surface area contributed by atoms with Gasteiger partial charge in [-0.25, -0.2) is 0 Å². The molecule has 0 fully saturated rings. The van der Waals surface area contributed by atoms with Gasteiger partial charge in [0.15, 0.2) is 0 Å². The molecule has 0 aliphatic rings. The van der Waals surface area contributed by atoms with Crippen molar-refractivity contribution in [2.45, 2.75) is 5.33 Å². The first-order chi connectivity index (χ1) is 6.22. The molecular weight excluding hydrogens is 253 g/mol. The normalized spacial score (nSPS) is 9.38. The molecule has 0 saturated heterocycles. The summed E-state index contributed by atoms with van der Waals surface area (Å²) in [4.78, 5) is 0. The van der Waals surface area contributed by atoms with Crippen LogP contribution in [0.25, 0.3) is 0 Å². The Kier molecular flexibility index (Phi) is 3.58. The Labute approximate surface area is 90.2 Å². The number of halogens is 2. The monoisotopic (exact) mass is 259 g/mol. The zero-order chi connectivity index (χ0) is 9.84. The highest BCUT2D eigenvalue weighted by Crippen LogP contribution is 2.27. The number of benzene rings is 1. The van der Waals surface area contributed by atoms with Gasteiger partial charge in [0.05, 0.1) is 17.7 Å². The molecule has 0 aliphatic heterocycles. The van der Waals surface area contributed by atoms with Crippen LogP contribution in [0.4, 0.5) is 0 Å². The van der Waals surface area contributed by atoms with Crippen LogP contribution in [0.2, 0.25) is 5.02 Å². The molecular formula is C9H7BrClNO. The fraction of sp³-hybridized carbons (Fsp3) is 0.222. The van der Waals surface area contributed by atoms with Crippen molar-refractivity contribution in [3.63, 3.8) is 0 Å². The fourth-order valence-electron chi connectivity index (χ4n) is 0.975. The summed E-state index contributed by atoms with van der Waals surface area (Å²) in [5.41, 5.74) is 1.37. The maximum atomic E-state index is 8.70. The number of rotatable bonds is 2. The first kappa shape index (κ1) is 10.4. The number of ether oxygens (including phenoxy) is 1. The van der Waals surface area contributed by atoms with Gasteiger partial charge < -0.3 is 4.74 Å². The van der Waals surface area contributed by atoms with Crippen molar-refractivity contribution in [1.29, 1.82) is 5.26 Å². The maximum absolute atomic E-state index is 8.70. The van der Waals surface area contributed by atoms with E-state index in [1.54, 1.807) is 19.2 Å². The molecule has 0 radical (unpaired) electrons. The van der Waals surface area contributed by atoms with Crippen LogP contribution in [0.5, 0.6) is 5.75 Å². The van der Waals surface area contributed by atoms with Gasteiger partial charge in [0.1, 0.15) is 11.8 Å². The lowest BCUT2D eigenvalue weighted by Crippen LogP contribution is -1.91. The number of alkyl halides is 1. The van der Waals surface area contributed by atoms with Crippen molar-refractivity contribution in [3.8, 4) is 11.8 Å². The third-order valence-corrected chi connectivity index (χ3v) is 2.55. The highest BCUT2D eigenvalue weighted by atomic mass is 79.9. The molecule has 0 aromatic heterocycles. The van der Waals surface area contributed by atoms with E-state index in [0.29, 0.717) is 21.7 Å². The van der Waals surface area contributed by atoms with Gasteiger partial charge in [-0.1, -0.05) is 27.5 Å². The minimum atomic E-state index is 0.434. The van der Waals surface area contributed by atoms with Crippen LogP contribution < -0.4 is 4.74 Å². The van der Waals surface area contributed by atoms with Gasteiger partial charge in [0.25, 0.3) is 0 Å². The number of nitriles is 1. The molecule has 0 bridgehead atoms. The predicted octanol–water partition coefficient (Wildman–Crippen LogP) is 3.12. The van der Waals surface area contributed by atoms with Gasteiger partial charge in [-0.3, -0.25) is 0 Å². The second kappa shape index (κ2) is 4.50. The largest absolute Gasteiger partial charge is 0.496 e. The van der Waals surface area contributed by atoms with E-state index < -0.39 is 0 Å². The van der Waals surface area contributed by atoms with Crippen LogP contribution in [0.3, 0.4) is 0 Å². The van der Waals surface area contributed by atoms with E-state index >= 15 is 0 Å². The molecule has 0 N–H and O–H groups in total. The van der Waals surface area contributed by atoms with Gasteiger partial charge in [-0.2, -0.15) is 5.26 Å². The molecule has 0 unspecified atom stereocenters. The number of nitrogens with zero attached hydrogens (tertiary/aromatic N) is 1. The third-order valence-electron chi connectivity index (χ3n) is 1.63. The Morgan fingerprint density at radius 1 is 1.62 bits per heavy atom. The van der Waals surface area contributed by atoms with Gasteiger partial charge in [-0.05, 0) is 12.1 Å². The summed E-state index contributed by atoms with van der Waals surface area (Å²) in [6.45, 7) is 0. The van der Waals surface area contributed by atoms with Crippen molar-refractivity contribution >= 4 is 27.5 Å². The van der Waals surface area contributed by atoms with Crippen molar-refractivity contribution in [2.75, 3.05) is 7.11 Å². The molecule has 1 aromatic carbocycles. The summed E-state index contributed by atoms with van der Waals surface area (Å²) >= 11 is 9.15. The van der Waals surface area contributed by atoms with E-state index in [4.69, 9.17) is 21.6 Å². The minimum absolute atomic E-state index is 0.434. The first-order valence-corrected chi connectivity index (χ1v) is 5.05. The summed E-state index contributed by atoms with van der Waals surface area (Å²) in [7, 11) is 1.57. The topological polar surface area (TPSA) is 33.0 Å². The van der Waals surface area contributed by atoms with Crippen LogP contribution >= 0.6 is 27.5 Å². The lowest BCUT2D eigenvalue weighted by Gasteiger charge is -2.06. The van der Waals surface area contributed by atoms with E-state index in [0.717, 1.165) is 5.56 Å². The molecule has 0 amide bonds. The zero-order valence-electron chi connectivity index (χ0n) is 6.97. The number of hydrogen-bond donors (Lipinski definition) is 0. The average molecular weight is 261 g/mol. The molecule has 0 aliphatic carbocycles. The molecule has 1 aromatic rings. The number of methoxy groups -OCH3 is 1. The Morgan fingerprint density at radius 3 is 2.77 bits per heavy atom. The fourth-order valence-corrected chi connectivity index (χ4v) is 1.64. The molecule has 13 heavy (non-hydrogen) atoms. The average Bonchev–Trinajstić information content (AvgIpc) is 2.17. The van der Waals surface area contributed by atoms with Crippen molar-refractivity contribution in [3.05, 3.63) is 28.3 Å². The van der Waals surface area contributed by atoms with Crippen LogP contribution in [-0.4, -0.2) is 7.11 Å². The SMILES string of the molecule is COc1cc(C#N)c(Cl)cc1CBr. The second-order valence-electron chi connectivity index (χ2n) is 2.39. The molecule has 0 atom stereocenters. The molecule has 68 valence electrons. The lowest BCUT2D eigenvalue weighted by molar-refractivity contribution is 0.411. The highest BCUT2D eigenvalue weighted by Gasteiger charge is 2.07. The highest BCUT2D eigenvalue weighted by molar-refractivity contribution is 9.08. The van der Waals surface area contributed by atoms with Crippen LogP contribution in [-0.2, 0) is 5.33 Å². The second-order valence-corrected chi connectivity index (χ2v) is 3.36. The van der Waals surface area contributed by atoms with Crippen molar-refractivity contribution < 1.29 is 4.74 Å². The summed E-state index contributed by atoms with van der Waals surface area (Å²) in [5, 5.41) is 9.81. The summed E-state index contributed by atoms with van der Waals surface area (Å²) in [6.07, 6.45) is 0. The van der Waals surface area contributed by atoms with E-state index in [-0.39, 0.29) is 0 Å². The summed E-state index contributed by atoms with van der Waals surface area (Å²) < 4.78 is 5.09. The zero-order valence-corrected chi connectivity index (χ0v) is 9.32. The quantitative estimate of drug-likeness (QED) is 0.766. The molecule has 2 nitrogen and oxygen atoms in total. The number of hydrogen-bond acceptors (Lipinski definition) is 2. The van der Waals surface area contributed by atoms with Gasteiger partial charge in [0, 0.05) is 10.9 Å². The Balaban J connectivity index is 3.28. The third kappa shape index (κ3) is 2.15. The van der Waals surface area contributed by atoms with Gasteiger partial charge >= 0.3 is 0 Å². The molecule has 0 saturated carbocycles. The smallest absolute Gasteiger partial charge is 0.124 e. The van der Waals surface area contributed by atoms with E-state index in [1.165, 1.54) is 0 Å². The first-order valence-electron chi connectivity index (χ1n) is 3.55. The lowest BCUT2D eigenvalue weighted by atomic mass is 10.1. The summed E-state index contributed by atoms with van der Waals surface area (Å²) in [6, 6.07) is 5.36. The minimum Gasteiger partial charge on any atom is -0.496 e. The Morgan fingerprint density at radius 2 is 2.31 bits per heavy atom. The van der Waals surface area contributed by atoms with E-state index in [2.05, 4.69) is 15.9 Å².